The van der Waals surface area contributed by atoms with E-state index in [4.69, 9.17) is 4.42 Å². The minimum Gasteiger partial charge on any atom is -0.459 e. The van der Waals surface area contributed by atoms with Gasteiger partial charge in [-0.25, -0.2) is 4.98 Å². The maximum atomic E-state index is 12.7. The molecule has 2 amide bonds. The Balaban J connectivity index is 1.29. The molecule has 3 aromatic rings. The van der Waals surface area contributed by atoms with Crippen molar-refractivity contribution in [2.24, 2.45) is 0 Å². The van der Waals surface area contributed by atoms with Crippen molar-refractivity contribution >= 4 is 34.7 Å². The van der Waals surface area contributed by atoms with Gasteiger partial charge in [-0.2, -0.15) is 0 Å². The van der Waals surface area contributed by atoms with Gasteiger partial charge >= 0.3 is 0 Å². The summed E-state index contributed by atoms with van der Waals surface area (Å²) in [5.74, 6) is 1.31. The summed E-state index contributed by atoms with van der Waals surface area (Å²) in [4.78, 5) is 33.4. The Morgan fingerprint density at radius 3 is 3.06 bits per heavy atom. The van der Waals surface area contributed by atoms with E-state index in [0.29, 0.717) is 18.9 Å². The highest BCUT2D eigenvalue weighted by Gasteiger charge is 2.34. The number of benzene rings is 1. The van der Waals surface area contributed by atoms with Gasteiger partial charge in [0.1, 0.15) is 17.2 Å². The van der Waals surface area contributed by atoms with Crippen LogP contribution < -0.4 is 5.32 Å². The van der Waals surface area contributed by atoms with E-state index in [1.165, 1.54) is 0 Å². The molecule has 1 aromatic carbocycles. The SMILES string of the molecule is Cc1c(CN(C)C(=O)C=Cc2cnc3c(c2)CN2CCC[C@@H]2C(=O)N3)oc2ccccc12. The number of anilines is 1. The van der Waals surface area contributed by atoms with Crippen molar-refractivity contribution in [3.63, 3.8) is 0 Å². The van der Waals surface area contributed by atoms with Crippen LogP contribution in [-0.4, -0.2) is 46.2 Å². The second-order valence-corrected chi connectivity index (χ2v) is 8.57. The number of furan rings is 1. The summed E-state index contributed by atoms with van der Waals surface area (Å²) in [5.41, 5.74) is 3.70. The minimum atomic E-state index is -0.118. The van der Waals surface area contributed by atoms with Crippen LogP contribution >= 0.6 is 0 Å². The van der Waals surface area contributed by atoms with Crippen LogP contribution in [0.15, 0.2) is 47.0 Å². The monoisotopic (exact) mass is 430 g/mol. The predicted molar refractivity (Wildman–Crippen MR) is 123 cm³/mol. The average molecular weight is 431 g/mol. The fourth-order valence-electron chi connectivity index (χ4n) is 4.55. The molecule has 0 aliphatic carbocycles. The van der Waals surface area contributed by atoms with E-state index in [-0.39, 0.29) is 17.9 Å². The molecule has 1 saturated heterocycles. The van der Waals surface area contributed by atoms with Crippen molar-refractivity contribution in [2.45, 2.75) is 38.9 Å². The zero-order valence-electron chi connectivity index (χ0n) is 18.3. The van der Waals surface area contributed by atoms with Crippen molar-refractivity contribution in [2.75, 3.05) is 18.9 Å². The molecule has 4 heterocycles. The minimum absolute atomic E-state index is 0.0229. The lowest BCUT2D eigenvalue weighted by molar-refractivity contribution is -0.125. The Hall–Kier alpha value is -3.45. The molecule has 0 spiro atoms. The standard InChI is InChI=1S/C25H26N4O3/c1-16-19-6-3-4-8-21(19)32-22(16)15-28(2)23(30)10-9-17-12-18-14-29-11-5-7-20(29)25(31)27-24(18)26-13-17/h3-4,6,8-10,12-13,20H,5,7,11,14-15H2,1-2H3,(H,26,27,31)/t20-/m1/s1. The van der Waals surface area contributed by atoms with Gasteiger partial charge in [-0.1, -0.05) is 18.2 Å². The molecule has 2 aliphatic rings. The number of fused-ring (bicyclic) bond motifs is 3. The Labute approximate surface area is 186 Å². The van der Waals surface area contributed by atoms with E-state index in [0.717, 1.165) is 52.8 Å². The first-order chi connectivity index (χ1) is 15.5. The first-order valence-corrected chi connectivity index (χ1v) is 10.9. The summed E-state index contributed by atoms with van der Waals surface area (Å²) in [7, 11) is 1.76. The Morgan fingerprint density at radius 2 is 2.22 bits per heavy atom. The van der Waals surface area contributed by atoms with Crippen molar-refractivity contribution in [3.8, 4) is 0 Å². The second-order valence-electron chi connectivity index (χ2n) is 8.57. The van der Waals surface area contributed by atoms with Crippen LogP contribution in [0.2, 0.25) is 0 Å². The van der Waals surface area contributed by atoms with E-state index >= 15 is 0 Å². The predicted octanol–water partition coefficient (Wildman–Crippen LogP) is 3.72. The Kier molecular flexibility index (Phi) is 5.27. The summed E-state index contributed by atoms with van der Waals surface area (Å²) >= 11 is 0. The van der Waals surface area contributed by atoms with E-state index in [9.17, 15) is 9.59 Å². The first kappa shape index (κ1) is 20.5. The van der Waals surface area contributed by atoms with Gasteiger partial charge in [0.2, 0.25) is 11.8 Å². The topological polar surface area (TPSA) is 78.7 Å². The number of hydrogen-bond donors (Lipinski definition) is 1. The lowest BCUT2D eigenvalue weighted by Crippen LogP contribution is -2.36. The number of hydrogen-bond acceptors (Lipinski definition) is 5. The zero-order valence-corrected chi connectivity index (χ0v) is 18.3. The quantitative estimate of drug-likeness (QED) is 0.638. The summed E-state index contributed by atoms with van der Waals surface area (Å²) in [5, 5.41) is 4.02. The Morgan fingerprint density at radius 1 is 1.38 bits per heavy atom. The molecule has 2 aliphatic heterocycles. The van der Waals surface area contributed by atoms with Crippen LogP contribution in [-0.2, 0) is 22.7 Å². The van der Waals surface area contributed by atoms with Crippen LogP contribution in [0.1, 0.15) is 35.3 Å². The molecule has 1 fully saturated rings. The number of carbonyl (C=O) groups excluding carboxylic acids is 2. The van der Waals surface area contributed by atoms with Crippen LogP contribution in [0.3, 0.4) is 0 Å². The molecule has 1 atom stereocenters. The number of nitrogens with zero attached hydrogens (tertiary/aromatic N) is 3. The number of nitrogens with one attached hydrogen (secondary N) is 1. The number of pyridine rings is 1. The number of rotatable bonds is 4. The van der Waals surface area contributed by atoms with Gasteiger partial charge in [0.15, 0.2) is 0 Å². The van der Waals surface area contributed by atoms with Gasteiger partial charge in [0.05, 0.1) is 12.6 Å². The van der Waals surface area contributed by atoms with Gasteiger partial charge in [0.25, 0.3) is 0 Å². The van der Waals surface area contributed by atoms with Crippen LogP contribution in [0.25, 0.3) is 17.0 Å². The van der Waals surface area contributed by atoms with Gasteiger partial charge in [-0.3, -0.25) is 14.5 Å². The molecule has 7 nitrogen and oxygen atoms in total. The molecule has 164 valence electrons. The molecule has 2 aromatic heterocycles. The summed E-state index contributed by atoms with van der Waals surface area (Å²) in [6.45, 7) is 4.02. The third-order valence-corrected chi connectivity index (χ3v) is 6.39. The van der Waals surface area contributed by atoms with E-state index < -0.39 is 0 Å². The van der Waals surface area contributed by atoms with Crippen molar-refractivity contribution < 1.29 is 14.0 Å². The van der Waals surface area contributed by atoms with E-state index in [1.807, 2.05) is 37.3 Å². The highest BCUT2D eigenvalue weighted by atomic mass is 16.3. The number of carbonyl (C=O) groups is 2. The summed E-state index contributed by atoms with van der Waals surface area (Å²) in [6.07, 6.45) is 6.92. The largest absolute Gasteiger partial charge is 0.459 e. The van der Waals surface area contributed by atoms with E-state index in [1.54, 1.807) is 30.3 Å². The van der Waals surface area contributed by atoms with Crippen molar-refractivity contribution in [1.82, 2.24) is 14.8 Å². The second kappa shape index (κ2) is 8.24. The number of aryl methyl sites for hydroxylation is 1. The molecule has 0 unspecified atom stereocenters. The fraction of sp³-hybridized carbons (Fsp3) is 0.320. The van der Waals surface area contributed by atoms with E-state index in [2.05, 4.69) is 15.2 Å². The van der Waals surface area contributed by atoms with Crippen LogP contribution in [0.5, 0.6) is 0 Å². The van der Waals surface area contributed by atoms with Crippen molar-refractivity contribution in [3.05, 3.63) is 65.1 Å². The lowest BCUT2D eigenvalue weighted by Gasteiger charge is -2.19. The average Bonchev–Trinajstić information content (AvgIpc) is 3.35. The highest BCUT2D eigenvalue weighted by Crippen LogP contribution is 2.28. The smallest absolute Gasteiger partial charge is 0.246 e. The molecule has 32 heavy (non-hydrogen) atoms. The molecule has 0 radical (unpaired) electrons. The van der Waals surface area contributed by atoms with Crippen LogP contribution in [0, 0.1) is 6.92 Å². The van der Waals surface area contributed by atoms with Gasteiger partial charge < -0.3 is 14.6 Å². The van der Waals surface area contributed by atoms with Gasteiger partial charge in [-0.05, 0) is 50.1 Å². The van der Waals surface area contributed by atoms with Gasteiger partial charge in [-0.15, -0.1) is 0 Å². The lowest BCUT2D eigenvalue weighted by atomic mass is 10.1. The number of amides is 2. The zero-order chi connectivity index (χ0) is 22.2. The summed E-state index contributed by atoms with van der Waals surface area (Å²) < 4.78 is 5.93. The number of likely N-dealkylation sites (N-methyl/N-ethyl adjacent to an activating group) is 1. The van der Waals surface area contributed by atoms with Crippen LogP contribution in [0.4, 0.5) is 5.82 Å². The third-order valence-electron chi connectivity index (χ3n) is 6.39. The van der Waals surface area contributed by atoms with Crippen molar-refractivity contribution in [1.29, 1.82) is 0 Å². The molecule has 0 bridgehead atoms. The Bertz CT molecular complexity index is 1230. The third kappa shape index (κ3) is 3.80. The molecule has 7 heteroatoms. The van der Waals surface area contributed by atoms with Gasteiger partial charge in [0, 0.05) is 42.4 Å². The molecule has 0 saturated carbocycles. The first-order valence-electron chi connectivity index (χ1n) is 10.9. The maximum Gasteiger partial charge on any atom is 0.246 e. The molecular formula is C25H26N4O3. The normalized spacial score (nSPS) is 18.4. The fourth-order valence-corrected chi connectivity index (χ4v) is 4.55. The molecule has 5 rings (SSSR count). The molecular weight excluding hydrogens is 404 g/mol. The summed E-state index contributed by atoms with van der Waals surface area (Å²) in [6, 6.07) is 9.81. The molecule has 1 N–H and O–H groups in total. The highest BCUT2D eigenvalue weighted by molar-refractivity contribution is 5.96. The number of para-hydroxylation sites is 1. The number of aromatic nitrogens is 1. The maximum absolute atomic E-state index is 12.7.